The monoisotopic (exact) mass is 294 g/mol. The van der Waals surface area contributed by atoms with E-state index in [-0.39, 0.29) is 0 Å². The zero-order valence-corrected chi connectivity index (χ0v) is 12.7. The molecule has 0 radical (unpaired) electrons. The minimum atomic E-state index is 0.633. The van der Waals surface area contributed by atoms with Crippen molar-refractivity contribution in [3.8, 4) is 5.75 Å². The van der Waals surface area contributed by atoms with Crippen molar-refractivity contribution in [3.63, 3.8) is 0 Å². The van der Waals surface area contributed by atoms with Gasteiger partial charge in [-0.25, -0.2) is 4.98 Å². The number of imidazole rings is 1. The van der Waals surface area contributed by atoms with Gasteiger partial charge >= 0.3 is 0 Å². The highest BCUT2D eigenvalue weighted by atomic mass is 16.5. The third kappa shape index (κ3) is 2.48. The summed E-state index contributed by atoms with van der Waals surface area (Å²) in [6.07, 6.45) is 1.71. The van der Waals surface area contributed by atoms with Crippen LogP contribution in [-0.4, -0.2) is 22.9 Å². The summed E-state index contributed by atoms with van der Waals surface area (Å²) in [7, 11) is 1.65. The molecule has 0 spiro atoms. The van der Waals surface area contributed by atoms with Gasteiger partial charge in [0, 0.05) is 17.5 Å². The highest BCUT2D eigenvalue weighted by molar-refractivity contribution is 5.77. The molecule has 0 saturated carbocycles. The van der Waals surface area contributed by atoms with E-state index in [4.69, 9.17) is 4.74 Å². The number of benzene rings is 2. The van der Waals surface area contributed by atoms with Gasteiger partial charge in [0.1, 0.15) is 17.9 Å². The summed E-state index contributed by atoms with van der Waals surface area (Å²) in [5.74, 6) is 1.81. The molecule has 112 valence electrons. The lowest BCUT2D eigenvalue weighted by molar-refractivity contribution is 0.112. The van der Waals surface area contributed by atoms with Gasteiger partial charge < -0.3 is 9.30 Å². The van der Waals surface area contributed by atoms with Gasteiger partial charge in [0.25, 0.3) is 0 Å². The van der Waals surface area contributed by atoms with Gasteiger partial charge in [0.15, 0.2) is 0 Å². The number of para-hydroxylation sites is 2. The van der Waals surface area contributed by atoms with E-state index < -0.39 is 0 Å². The molecule has 0 aliphatic rings. The second-order valence-electron chi connectivity index (χ2n) is 5.15. The number of aromatic nitrogens is 2. The van der Waals surface area contributed by atoms with Crippen LogP contribution < -0.4 is 4.74 Å². The summed E-state index contributed by atoms with van der Waals surface area (Å²) in [6, 6.07) is 13.6. The van der Waals surface area contributed by atoms with Crippen molar-refractivity contribution in [1.82, 2.24) is 9.55 Å². The van der Waals surface area contributed by atoms with E-state index in [9.17, 15) is 4.79 Å². The first-order valence-corrected chi connectivity index (χ1v) is 7.33. The number of carbonyl (C=O) groups is 1. The smallest absolute Gasteiger partial charge is 0.150 e. The number of nitrogens with zero attached hydrogens (tertiary/aromatic N) is 2. The lowest BCUT2D eigenvalue weighted by Gasteiger charge is -2.12. The molecule has 0 N–H and O–H groups in total. The SMILES string of the molecule is CCc1nc2ccccc2n1Cc1cc(C=O)ccc1OC. The Kier molecular flexibility index (Phi) is 3.92. The van der Waals surface area contributed by atoms with Gasteiger partial charge in [-0.15, -0.1) is 0 Å². The number of hydrogen-bond acceptors (Lipinski definition) is 3. The maximum atomic E-state index is 11.0. The van der Waals surface area contributed by atoms with Crippen molar-refractivity contribution in [2.24, 2.45) is 0 Å². The fourth-order valence-corrected chi connectivity index (χ4v) is 2.74. The molecule has 22 heavy (non-hydrogen) atoms. The molecular formula is C18H18N2O2. The number of aldehydes is 1. The molecule has 1 heterocycles. The van der Waals surface area contributed by atoms with Crippen LogP contribution in [0, 0.1) is 0 Å². The van der Waals surface area contributed by atoms with Crippen molar-refractivity contribution in [2.45, 2.75) is 19.9 Å². The molecule has 4 nitrogen and oxygen atoms in total. The van der Waals surface area contributed by atoms with E-state index in [1.807, 2.05) is 30.3 Å². The van der Waals surface area contributed by atoms with Crippen LogP contribution in [0.1, 0.15) is 28.7 Å². The maximum Gasteiger partial charge on any atom is 0.150 e. The number of hydrogen-bond donors (Lipinski definition) is 0. The van der Waals surface area contributed by atoms with E-state index in [1.165, 1.54) is 0 Å². The predicted molar refractivity (Wildman–Crippen MR) is 86.6 cm³/mol. The number of carbonyl (C=O) groups excluding carboxylic acids is 1. The highest BCUT2D eigenvalue weighted by Gasteiger charge is 2.12. The molecule has 0 aliphatic heterocycles. The van der Waals surface area contributed by atoms with Crippen LogP contribution in [0.15, 0.2) is 42.5 Å². The minimum absolute atomic E-state index is 0.633. The Labute approximate surface area is 129 Å². The topological polar surface area (TPSA) is 44.1 Å². The average molecular weight is 294 g/mol. The summed E-state index contributed by atoms with van der Waals surface area (Å²) in [5, 5.41) is 0. The van der Waals surface area contributed by atoms with Crippen LogP contribution in [0.5, 0.6) is 5.75 Å². The molecular weight excluding hydrogens is 276 g/mol. The van der Waals surface area contributed by atoms with E-state index >= 15 is 0 Å². The lowest BCUT2D eigenvalue weighted by Crippen LogP contribution is -2.06. The third-order valence-electron chi connectivity index (χ3n) is 3.82. The molecule has 0 aliphatic carbocycles. The molecule has 0 amide bonds. The molecule has 0 atom stereocenters. The number of fused-ring (bicyclic) bond motifs is 1. The number of ether oxygens (including phenoxy) is 1. The summed E-state index contributed by atoms with van der Waals surface area (Å²) in [4.78, 5) is 15.7. The first-order chi connectivity index (χ1) is 10.8. The fraction of sp³-hybridized carbons (Fsp3) is 0.222. The van der Waals surface area contributed by atoms with E-state index in [1.54, 1.807) is 13.2 Å². The predicted octanol–water partition coefficient (Wildman–Crippen LogP) is 3.47. The van der Waals surface area contributed by atoms with Gasteiger partial charge in [0.2, 0.25) is 0 Å². The van der Waals surface area contributed by atoms with Gasteiger partial charge in [-0.1, -0.05) is 19.1 Å². The standard InChI is InChI=1S/C18H18N2O2/c1-3-18-19-15-6-4-5-7-16(15)20(18)11-14-10-13(12-21)8-9-17(14)22-2/h4-10,12H,3,11H2,1-2H3. The zero-order chi connectivity index (χ0) is 15.5. The Morgan fingerprint density at radius 2 is 2.05 bits per heavy atom. The van der Waals surface area contributed by atoms with Gasteiger partial charge in [-0.3, -0.25) is 4.79 Å². The molecule has 0 bridgehead atoms. The lowest BCUT2D eigenvalue weighted by atomic mass is 10.1. The normalized spacial score (nSPS) is 10.8. The van der Waals surface area contributed by atoms with Gasteiger partial charge in [-0.2, -0.15) is 0 Å². The van der Waals surface area contributed by atoms with Crippen LogP contribution in [0.2, 0.25) is 0 Å². The first-order valence-electron chi connectivity index (χ1n) is 7.33. The van der Waals surface area contributed by atoms with Crippen LogP contribution in [-0.2, 0) is 13.0 Å². The maximum absolute atomic E-state index is 11.0. The second kappa shape index (κ2) is 6.02. The second-order valence-corrected chi connectivity index (χ2v) is 5.15. The molecule has 0 saturated heterocycles. The van der Waals surface area contributed by atoms with Crippen molar-refractivity contribution in [1.29, 1.82) is 0 Å². The average Bonchev–Trinajstić information content (AvgIpc) is 2.92. The molecule has 2 aromatic carbocycles. The number of methoxy groups -OCH3 is 1. The minimum Gasteiger partial charge on any atom is -0.496 e. The van der Waals surface area contributed by atoms with Crippen LogP contribution in [0.4, 0.5) is 0 Å². The van der Waals surface area contributed by atoms with Crippen LogP contribution in [0.25, 0.3) is 11.0 Å². The third-order valence-corrected chi connectivity index (χ3v) is 3.82. The summed E-state index contributed by atoms with van der Waals surface area (Å²) in [5.41, 5.74) is 3.71. The van der Waals surface area contributed by atoms with Crippen molar-refractivity contribution < 1.29 is 9.53 Å². The molecule has 1 aromatic heterocycles. The largest absolute Gasteiger partial charge is 0.496 e. The molecule has 0 fully saturated rings. The van der Waals surface area contributed by atoms with Crippen molar-refractivity contribution in [3.05, 3.63) is 59.4 Å². The summed E-state index contributed by atoms with van der Waals surface area (Å²) >= 11 is 0. The zero-order valence-electron chi connectivity index (χ0n) is 12.7. The Bertz CT molecular complexity index is 821. The molecule has 0 unspecified atom stereocenters. The number of rotatable bonds is 5. The Hall–Kier alpha value is -2.62. The van der Waals surface area contributed by atoms with Crippen molar-refractivity contribution >= 4 is 17.3 Å². The summed E-state index contributed by atoms with van der Waals surface area (Å²) < 4.78 is 7.61. The highest BCUT2D eigenvalue weighted by Crippen LogP contribution is 2.24. The molecule has 3 rings (SSSR count). The molecule has 3 aromatic rings. The quantitative estimate of drug-likeness (QED) is 0.677. The Morgan fingerprint density at radius 1 is 1.23 bits per heavy atom. The van der Waals surface area contributed by atoms with Gasteiger partial charge in [0.05, 0.1) is 24.7 Å². The number of aryl methyl sites for hydroxylation is 1. The molecule has 4 heteroatoms. The van der Waals surface area contributed by atoms with Crippen LogP contribution >= 0.6 is 0 Å². The van der Waals surface area contributed by atoms with E-state index in [0.29, 0.717) is 12.1 Å². The van der Waals surface area contributed by atoms with E-state index in [2.05, 4.69) is 22.5 Å². The Morgan fingerprint density at radius 3 is 2.77 bits per heavy atom. The fourth-order valence-electron chi connectivity index (χ4n) is 2.74. The Balaban J connectivity index is 2.11. The summed E-state index contributed by atoms with van der Waals surface area (Å²) in [6.45, 7) is 2.73. The van der Waals surface area contributed by atoms with Crippen LogP contribution in [0.3, 0.4) is 0 Å². The first kappa shape index (κ1) is 14.3. The van der Waals surface area contributed by atoms with E-state index in [0.717, 1.165) is 40.9 Å². The van der Waals surface area contributed by atoms with Gasteiger partial charge in [-0.05, 0) is 30.3 Å². The van der Waals surface area contributed by atoms with Crippen molar-refractivity contribution in [2.75, 3.05) is 7.11 Å².